The first kappa shape index (κ1) is 27.4. The number of alkyl halides is 1. The highest BCUT2D eigenvalue weighted by molar-refractivity contribution is 14.1. The van der Waals surface area contributed by atoms with Crippen molar-refractivity contribution in [3.05, 3.63) is 77.0 Å². The number of hydrogen-bond donors (Lipinski definition) is 4. The topological polar surface area (TPSA) is 119 Å². The van der Waals surface area contributed by atoms with Crippen molar-refractivity contribution in [2.24, 2.45) is 5.84 Å². The second kappa shape index (κ2) is 12.7. The molecule has 2 aromatic rings. The number of rotatable bonds is 9. The number of carbonyl (C=O) groups excluding carboxylic acids is 2. The molecule has 0 spiro atoms. The molecule has 10 heteroatoms. The number of nitrogens with one attached hydrogen (secondary N) is 1. The lowest BCUT2D eigenvalue weighted by Crippen LogP contribution is -2.50. The molecule has 0 bridgehead atoms. The maximum absolute atomic E-state index is 13.0. The van der Waals surface area contributed by atoms with Crippen LogP contribution < -0.4 is 16.2 Å². The van der Waals surface area contributed by atoms with Crippen molar-refractivity contribution in [1.29, 1.82) is 0 Å². The van der Waals surface area contributed by atoms with E-state index < -0.39 is 30.1 Å². The zero-order valence-corrected chi connectivity index (χ0v) is 22.3. The van der Waals surface area contributed by atoms with Crippen LogP contribution in [0, 0.1) is 0 Å². The SMILES string of the molecule is C[C@@H](NC(=O)[C@H](O)[C@@H](O)C(=O)N1CCCC1c1cccc(Cl)c1)c1ccc(N(N)/C=C\CI)cc1. The van der Waals surface area contributed by atoms with Gasteiger partial charge in [-0.3, -0.25) is 14.6 Å². The summed E-state index contributed by atoms with van der Waals surface area (Å²) in [5, 5.41) is 25.7. The maximum atomic E-state index is 13.0. The highest BCUT2D eigenvalue weighted by atomic mass is 127. The van der Waals surface area contributed by atoms with E-state index in [-0.39, 0.29) is 6.04 Å². The minimum absolute atomic E-state index is 0.266. The molecule has 0 aliphatic carbocycles. The summed E-state index contributed by atoms with van der Waals surface area (Å²) in [7, 11) is 0. The summed E-state index contributed by atoms with van der Waals surface area (Å²) in [6.07, 6.45) is 1.37. The Kier molecular flexibility index (Phi) is 9.93. The van der Waals surface area contributed by atoms with Crippen LogP contribution in [-0.4, -0.2) is 50.1 Å². The Balaban J connectivity index is 1.61. The van der Waals surface area contributed by atoms with Gasteiger partial charge in [0.25, 0.3) is 11.8 Å². The monoisotopic (exact) mass is 612 g/mol. The van der Waals surface area contributed by atoms with Gasteiger partial charge < -0.3 is 20.4 Å². The number of hydrogen-bond acceptors (Lipinski definition) is 6. The highest BCUT2D eigenvalue weighted by Gasteiger charge is 2.38. The van der Waals surface area contributed by atoms with E-state index in [9.17, 15) is 19.8 Å². The minimum Gasteiger partial charge on any atom is -0.380 e. The van der Waals surface area contributed by atoms with Gasteiger partial charge in [0.05, 0.1) is 17.8 Å². The highest BCUT2D eigenvalue weighted by Crippen LogP contribution is 2.33. The molecule has 1 unspecified atom stereocenters. The van der Waals surface area contributed by atoms with Gasteiger partial charge in [0.1, 0.15) is 0 Å². The van der Waals surface area contributed by atoms with E-state index in [0.717, 1.165) is 27.7 Å². The first-order valence-electron chi connectivity index (χ1n) is 11.3. The Morgan fingerprint density at radius 1 is 1.26 bits per heavy atom. The van der Waals surface area contributed by atoms with Gasteiger partial charge in [0.15, 0.2) is 12.2 Å². The summed E-state index contributed by atoms with van der Waals surface area (Å²) >= 11 is 8.31. The van der Waals surface area contributed by atoms with Crippen molar-refractivity contribution in [2.45, 2.75) is 44.1 Å². The van der Waals surface area contributed by atoms with Gasteiger partial charge in [-0.15, -0.1) is 0 Å². The summed E-state index contributed by atoms with van der Waals surface area (Å²) in [5.74, 6) is 4.45. The van der Waals surface area contributed by atoms with Gasteiger partial charge in [-0.25, -0.2) is 5.84 Å². The molecule has 1 fully saturated rings. The molecule has 0 aromatic heterocycles. The van der Waals surface area contributed by atoms with Crippen LogP contribution in [0.25, 0.3) is 0 Å². The molecule has 3 rings (SSSR count). The van der Waals surface area contributed by atoms with Crippen LogP contribution in [0.2, 0.25) is 5.02 Å². The third kappa shape index (κ3) is 6.95. The van der Waals surface area contributed by atoms with Crippen LogP contribution in [0.5, 0.6) is 0 Å². The van der Waals surface area contributed by atoms with Crippen LogP contribution in [-0.2, 0) is 9.59 Å². The van der Waals surface area contributed by atoms with Crippen LogP contribution in [0.3, 0.4) is 0 Å². The number of aliphatic hydroxyl groups is 2. The van der Waals surface area contributed by atoms with E-state index in [0.29, 0.717) is 18.0 Å². The number of benzene rings is 2. The van der Waals surface area contributed by atoms with Crippen molar-refractivity contribution in [1.82, 2.24) is 10.2 Å². The predicted octanol–water partition coefficient (Wildman–Crippen LogP) is 3.23. The Morgan fingerprint density at radius 3 is 2.63 bits per heavy atom. The quantitative estimate of drug-likeness (QED) is 0.150. The number of nitrogens with two attached hydrogens (primary N) is 1. The normalized spacial score (nSPS) is 18.3. The molecular formula is C25H30ClIN4O4. The number of likely N-dealkylation sites (tertiary alicyclic amines) is 1. The molecule has 5 N–H and O–H groups in total. The lowest BCUT2D eigenvalue weighted by atomic mass is 10.0. The second-order valence-electron chi connectivity index (χ2n) is 8.40. The lowest BCUT2D eigenvalue weighted by Gasteiger charge is -2.29. The summed E-state index contributed by atoms with van der Waals surface area (Å²) < 4.78 is 0.836. The molecule has 8 nitrogen and oxygen atoms in total. The van der Waals surface area contributed by atoms with Gasteiger partial charge in [-0.2, -0.15) is 0 Å². The lowest BCUT2D eigenvalue weighted by molar-refractivity contribution is -0.154. The molecule has 4 atom stereocenters. The number of carbonyl (C=O) groups is 2. The number of anilines is 1. The third-order valence-corrected chi connectivity index (χ3v) is 6.74. The molecule has 1 aliphatic heterocycles. The minimum atomic E-state index is -1.90. The van der Waals surface area contributed by atoms with Crippen molar-refractivity contribution < 1.29 is 19.8 Å². The average Bonchev–Trinajstić information content (AvgIpc) is 3.36. The van der Waals surface area contributed by atoms with Crippen molar-refractivity contribution in [3.8, 4) is 0 Å². The summed E-state index contributed by atoms with van der Waals surface area (Å²) in [6, 6.07) is 13.7. The predicted molar refractivity (Wildman–Crippen MR) is 145 cm³/mol. The Bertz CT molecular complexity index is 1050. The first-order chi connectivity index (χ1) is 16.7. The van der Waals surface area contributed by atoms with Crippen molar-refractivity contribution >= 4 is 51.7 Å². The van der Waals surface area contributed by atoms with Gasteiger partial charge in [-0.1, -0.05) is 64.5 Å². The standard InChI is InChI=1S/C25H30ClIN4O4/c1-16(17-8-10-20(11-9-17)31(28)14-4-12-27)29-24(34)22(32)23(33)25(35)30-13-3-7-21(30)18-5-2-6-19(26)15-18/h2,4-6,8-11,14-16,21-23,32-33H,3,7,12-13,28H2,1H3,(H,29,34)/b14-4-/t16-,21?,22-,23-/m1/s1. The molecule has 2 aromatic carbocycles. The number of halogens is 2. The Labute approximate surface area is 223 Å². The van der Waals surface area contributed by atoms with E-state index in [1.165, 1.54) is 9.91 Å². The molecule has 0 radical (unpaired) electrons. The van der Waals surface area contributed by atoms with Gasteiger partial charge in [-0.05, 0) is 55.2 Å². The van der Waals surface area contributed by atoms with Crippen molar-refractivity contribution in [3.63, 3.8) is 0 Å². The van der Waals surface area contributed by atoms with E-state index in [2.05, 4.69) is 27.9 Å². The fourth-order valence-electron chi connectivity index (χ4n) is 4.10. The molecule has 1 heterocycles. The molecule has 1 aliphatic rings. The van der Waals surface area contributed by atoms with E-state index >= 15 is 0 Å². The van der Waals surface area contributed by atoms with Crippen molar-refractivity contribution in [2.75, 3.05) is 16.0 Å². The Hall–Kier alpha value is -2.18. The largest absolute Gasteiger partial charge is 0.380 e. The number of allylic oxidation sites excluding steroid dienone is 1. The van der Waals surface area contributed by atoms with Gasteiger partial charge in [0, 0.05) is 22.2 Å². The second-order valence-corrected chi connectivity index (χ2v) is 9.72. The number of nitrogens with zero attached hydrogens (tertiary/aromatic N) is 2. The van der Waals surface area contributed by atoms with E-state index in [1.54, 1.807) is 31.3 Å². The van der Waals surface area contributed by atoms with Crippen LogP contribution in [0.1, 0.15) is 43.0 Å². The maximum Gasteiger partial charge on any atom is 0.255 e. The van der Waals surface area contributed by atoms with Crippen LogP contribution >= 0.6 is 34.2 Å². The molecule has 1 saturated heterocycles. The number of amides is 2. The van der Waals surface area contributed by atoms with Crippen LogP contribution in [0.15, 0.2) is 60.8 Å². The summed E-state index contributed by atoms with van der Waals surface area (Å²) in [6.45, 7) is 2.18. The molecule has 2 amide bonds. The molecule has 188 valence electrons. The number of aliphatic hydroxyl groups excluding tert-OH is 2. The fraction of sp³-hybridized carbons (Fsp3) is 0.360. The Morgan fingerprint density at radius 2 is 1.97 bits per heavy atom. The third-order valence-electron chi connectivity index (χ3n) is 6.00. The summed E-state index contributed by atoms with van der Waals surface area (Å²) in [4.78, 5) is 27.1. The van der Waals surface area contributed by atoms with Gasteiger partial charge in [0.2, 0.25) is 0 Å². The van der Waals surface area contributed by atoms with E-state index in [1.807, 2.05) is 36.4 Å². The van der Waals surface area contributed by atoms with Gasteiger partial charge >= 0.3 is 0 Å². The smallest absolute Gasteiger partial charge is 0.255 e. The zero-order valence-electron chi connectivity index (χ0n) is 19.3. The molecular weight excluding hydrogens is 583 g/mol. The molecule has 35 heavy (non-hydrogen) atoms. The fourth-order valence-corrected chi connectivity index (χ4v) is 4.52. The first-order valence-corrected chi connectivity index (χ1v) is 13.2. The zero-order chi connectivity index (χ0) is 25.5. The molecule has 0 saturated carbocycles. The van der Waals surface area contributed by atoms with Crippen LogP contribution in [0.4, 0.5) is 5.69 Å². The summed E-state index contributed by atoms with van der Waals surface area (Å²) in [5.41, 5.74) is 2.41. The van der Waals surface area contributed by atoms with E-state index in [4.69, 9.17) is 17.4 Å². The average molecular weight is 613 g/mol. The number of hydrazine groups is 1.